The summed E-state index contributed by atoms with van der Waals surface area (Å²) in [6.07, 6.45) is 0.818. The van der Waals surface area contributed by atoms with Crippen LogP contribution >= 0.6 is 11.8 Å². The molecule has 0 radical (unpaired) electrons. The zero-order valence-corrected chi connectivity index (χ0v) is 10.7. The monoisotopic (exact) mass is 276 g/mol. The lowest BCUT2D eigenvalue weighted by Gasteiger charge is -2.29. The van der Waals surface area contributed by atoms with E-state index in [-0.39, 0.29) is 17.5 Å². The van der Waals surface area contributed by atoms with Crippen LogP contribution in [-0.4, -0.2) is 29.3 Å². The average molecular weight is 276 g/mol. The molecule has 0 aliphatic carbocycles. The van der Waals surface area contributed by atoms with E-state index < -0.39 is 5.51 Å². The van der Waals surface area contributed by atoms with E-state index >= 15 is 0 Å². The molecule has 0 spiro atoms. The number of alkyl halides is 3. The van der Waals surface area contributed by atoms with E-state index in [0.717, 1.165) is 29.8 Å². The summed E-state index contributed by atoms with van der Waals surface area (Å²) in [5, 5.41) is 0. The third-order valence-corrected chi connectivity index (χ3v) is 3.77. The quantitative estimate of drug-likeness (QED) is 0.861. The summed E-state index contributed by atoms with van der Waals surface area (Å²) >= 11 is 0.0453. The minimum atomic E-state index is -4.13. The molecule has 1 aromatic carbocycles. The van der Waals surface area contributed by atoms with Crippen molar-refractivity contribution in [3.05, 3.63) is 29.3 Å². The van der Waals surface area contributed by atoms with Gasteiger partial charge in [0.05, 0.1) is 0 Å². The van der Waals surface area contributed by atoms with Gasteiger partial charge in [0.1, 0.15) is 0 Å². The molecule has 1 aromatic rings. The van der Waals surface area contributed by atoms with Crippen LogP contribution in [0.5, 0.6) is 0 Å². The second-order valence-corrected chi connectivity index (χ2v) is 5.47. The van der Waals surface area contributed by atoms with Gasteiger partial charge in [0, 0.05) is 31.1 Å². The Morgan fingerprint density at radius 1 is 1.33 bits per heavy atom. The van der Waals surface area contributed by atoms with Gasteiger partial charge < -0.3 is 5.73 Å². The lowest BCUT2D eigenvalue weighted by atomic mass is 9.98. The molecule has 0 unspecified atom stereocenters. The number of benzene rings is 1. The summed E-state index contributed by atoms with van der Waals surface area (Å²) in [6.45, 7) is 1.93. The van der Waals surface area contributed by atoms with Crippen LogP contribution in [0, 0.1) is 0 Å². The number of nitrogen functional groups attached to an aromatic ring is 1. The van der Waals surface area contributed by atoms with Crippen LogP contribution in [0.4, 0.5) is 18.9 Å². The summed E-state index contributed by atoms with van der Waals surface area (Å²) in [5.74, 6) is 0.0845. The van der Waals surface area contributed by atoms with Crippen molar-refractivity contribution in [1.29, 1.82) is 0 Å². The van der Waals surface area contributed by atoms with Crippen molar-refractivity contribution >= 4 is 17.4 Å². The summed E-state index contributed by atoms with van der Waals surface area (Å²) in [7, 11) is 0. The Labute approximate surface area is 108 Å². The van der Waals surface area contributed by atoms with E-state index in [9.17, 15) is 13.2 Å². The molecule has 18 heavy (non-hydrogen) atoms. The number of anilines is 1. The predicted octanol–water partition coefficient (Wildman–Crippen LogP) is 2.88. The van der Waals surface area contributed by atoms with E-state index in [1.807, 2.05) is 23.1 Å². The van der Waals surface area contributed by atoms with E-state index in [2.05, 4.69) is 0 Å². The Kier molecular flexibility index (Phi) is 4.07. The number of halogens is 3. The van der Waals surface area contributed by atoms with Crippen LogP contribution in [0.2, 0.25) is 0 Å². The van der Waals surface area contributed by atoms with Gasteiger partial charge in [-0.25, -0.2) is 0 Å². The predicted molar refractivity (Wildman–Crippen MR) is 68.3 cm³/mol. The Bertz CT molecular complexity index is 420. The van der Waals surface area contributed by atoms with Gasteiger partial charge in [-0.2, -0.15) is 13.2 Å². The first-order valence-corrected chi connectivity index (χ1v) is 6.73. The van der Waals surface area contributed by atoms with Crippen molar-refractivity contribution in [1.82, 2.24) is 4.90 Å². The number of nitrogens with two attached hydrogens (primary N) is 1. The molecule has 0 bridgehead atoms. The second kappa shape index (κ2) is 5.40. The highest BCUT2D eigenvalue weighted by atomic mass is 32.2. The molecule has 0 amide bonds. The van der Waals surface area contributed by atoms with Gasteiger partial charge in [-0.15, -0.1) is 0 Å². The zero-order valence-electron chi connectivity index (χ0n) is 9.83. The molecular weight excluding hydrogens is 261 g/mol. The standard InChI is InChI=1S/C12H15F3N2S/c13-12(14,15)18-7-6-17-5-4-10-9(8-17)2-1-3-11(10)16/h1-3H,4-8,16H2. The van der Waals surface area contributed by atoms with Gasteiger partial charge >= 0.3 is 5.51 Å². The number of fused-ring (bicyclic) bond motifs is 1. The maximum absolute atomic E-state index is 12.0. The Hall–Kier alpha value is -0.880. The van der Waals surface area contributed by atoms with Gasteiger partial charge in [-0.1, -0.05) is 12.1 Å². The third kappa shape index (κ3) is 3.55. The fraction of sp³-hybridized carbons (Fsp3) is 0.500. The fourth-order valence-electron chi connectivity index (χ4n) is 2.18. The van der Waals surface area contributed by atoms with E-state index in [1.165, 1.54) is 0 Å². The smallest absolute Gasteiger partial charge is 0.398 e. The van der Waals surface area contributed by atoms with Crippen LogP contribution in [0.1, 0.15) is 11.1 Å². The third-order valence-electron chi connectivity index (χ3n) is 3.05. The normalized spacial score (nSPS) is 16.6. The second-order valence-electron chi connectivity index (χ2n) is 4.31. The van der Waals surface area contributed by atoms with Crippen molar-refractivity contribution in [2.75, 3.05) is 24.6 Å². The van der Waals surface area contributed by atoms with Crippen LogP contribution in [0.3, 0.4) is 0 Å². The van der Waals surface area contributed by atoms with Gasteiger partial charge in [0.15, 0.2) is 0 Å². The fourth-order valence-corrected chi connectivity index (χ4v) is 2.76. The molecule has 2 N–H and O–H groups in total. The number of hydrogen-bond acceptors (Lipinski definition) is 3. The van der Waals surface area contributed by atoms with Gasteiger partial charge in [0.2, 0.25) is 0 Å². The first-order chi connectivity index (χ1) is 8.46. The highest BCUT2D eigenvalue weighted by Crippen LogP contribution is 2.30. The molecule has 2 nitrogen and oxygen atoms in total. The maximum Gasteiger partial charge on any atom is 0.441 e. The van der Waals surface area contributed by atoms with E-state index in [0.29, 0.717) is 13.1 Å². The van der Waals surface area contributed by atoms with Crippen molar-refractivity contribution in [3.8, 4) is 0 Å². The summed E-state index contributed by atoms with van der Waals surface area (Å²) in [4.78, 5) is 2.04. The zero-order chi connectivity index (χ0) is 13.2. The van der Waals surface area contributed by atoms with Crippen molar-refractivity contribution in [2.45, 2.75) is 18.5 Å². The van der Waals surface area contributed by atoms with Crippen LogP contribution in [-0.2, 0) is 13.0 Å². The molecule has 1 heterocycles. The van der Waals surface area contributed by atoms with Crippen molar-refractivity contribution < 1.29 is 13.2 Å². The molecule has 0 aromatic heterocycles. The largest absolute Gasteiger partial charge is 0.441 e. The lowest BCUT2D eigenvalue weighted by Crippen LogP contribution is -2.33. The number of thioether (sulfide) groups is 1. The van der Waals surface area contributed by atoms with E-state index in [1.54, 1.807) is 0 Å². The Balaban J connectivity index is 1.89. The maximum atomic E-state index is 12.0. The Morgan fingerprint density at radius 2 is 2.11 bits per heavy atom. The molecule has 1 aliphatic rings. The van der Waals surface area contributed by atoms with Gasteiger partial charge in [-0.3, -0.25) is 4.90 Å². The van der Waals surface area contributed by atoms with E-state index in [4.69, 9.17) is 5.73 Å². The molecule has 0 fully saturated rings. The lowest BCUT2D eigenvalue weighted by molar-refractivity contribution is -0.0328. The van der Waals surface area contributed by atoms with Crippen LogP contribution in [0.25, 0.3) is 0 Å². The molecule has 2 rings (SSSR count). The first-order valence-electron chi connectivity index (χ1n) is 5.75. The number of hydrogen-bond donors (Lipinski definition) is 1. The summed E-state index contributed by atoms with van der Waals surface area (Å²) in [6, 6.07) is 5.75. The van der Waals surface area contributed by atoms with Crippen molar-refractivity contribution in [3.63, 3.8) is 0 Å². The molecule has 0 saturated heterocycles. The summed E-state index contributed by atoms with van der Waals surface area (Å²) in [5.41, 5.74) is 4.82. The Morgan fingerprint density at radius 3 is 2.83 bits per heavy atom. The van der Waals surface area contributed by atoms with Crippen LogP contribution < -0.4 is 5.73 Å². The first kappa shape index (κ1) is 13.5. The molecular formula is C12H15F3N2S. The molecule has 1 aliphatic heterocycles. The number of nitrogens with zero attached hydrogens (tertiary/aromatic N) is 1. The summed E-state index contributed by atoms with van der Waals surface area (Å²) < 4.78 is 36.1. The van der Waals surface area contributed by atoms with Gasteiger partial charge in [0.25, 0.3) is 0 Å². The topological polar surface area (TPSA) is 29.3 Å². The minimum absolute atomic E-state index is 0.0453. The molecule has 100 valence electrons. The average Bonchev–Trinajstić information content (AvgIpc) is 2.27. The van der Waals surface area contributed by atoms with Crippen molar-refractivity contribution in [2.24, 2.45) is 0 Å². The molecule has 0 atom stereocenters. The van der Waals surface area contributed by atoms with Crippen LogP contribution in [0.15, 0.2) is 18.2 Å². The minimum Gasteiger partial charge on any atom is -0.398 e. The molecule has 6 heteroatoms. The highest BCUT2D eigenvalue weighted by Gasteiger charge is 2.28. The highest BCUT2D eigenvalue weighted by molar-refractivity contribution is 8.00. The SMILES string of the molecule is Nc1cccc2c1CCN(CCSC(F)(F)F)C2. The van der Waals surface area contributed by atoms with Gasteiger partial charge in [-0.05, 0) is 35.4 Å². The number of rotatable bonds is 3. The molecule has 0 saturated carbocycles.